The van der Waals surface area contributed by atoms with Crippen LogP contribution in [0.15, 0.2) is 42.5 Å². The number of hydrogen-bond acceptors (Lipinski definition) is 5. The van der Waals surface area contributed by atoms with E-state index in [1.54, 1.807) is 17.0 Å². The number of H-pyrrole nitrogens is 1. The average molecular weight is 484 g/mol. The maximum absolute atomic E-state index is 13.5. The van der Waals surface area contributed by atoms with Gasteiger partial charge in [0.2, 0.25) is 0 Å². The lowest BCUT2D eigenvalue weighted by Gasteiger charge is -2.14. The molecule has 1 unspecified atom stereocenters. The molecule has 0 saturated carbocycles. The van der Waals surface area contributed by atoms with Crippen LogP contribution in [0.4, 0.5) is 13.2 Å². The van der Waals surface area contributed by atoms with E-state index in [0.29, 0.717) is 43.2 Å². The third kappa shape index (κ3) is 4.45. The Balaban J connectivity index is 1.32. The topological polar surface area (TPSA) is 88.4 Å². The number of benzene rings is 1. The van der Waals surface area contributed by atoms with Crippen molar-refractivity contribution >= 4 is 11.6 Å². The molecule has 1 amide bonds. The number of ether oxygens (including phenoxy) is 1. The fourth-order valence-corrected chi connectivity index (χ4v) is 4.34. The number of nitrogens with zero attached hydrogens (tertiary/aromatic N) is 5. The first-order valence-electron chi connectivity index (χ1n) is 11.3. The first-order valence-corrected chi connectivity index (χ1v) is 11.3. The summed E-state index contributed by atoms with van der Waals surface area (Å²) in [5.41, 5.74) is 1.86. The van der Waals surface area contributed by atoms with Crippen LogP contribution >= 0.6 is 0 Å². The van der Waals surface area contributed by atoms with Gasteiger partial charge in [0.1, 0.15) is 17.1 Å². The van der Waals surface area contributed by atoms with Gasteiger partial charge < -0.3 is 9.64 Å². The number of halogens is 3. The van der Waals surface area contributed by atoms with Gasteiger partial charge in [-0.25, -0.2) is 9.50 Å². The molecule has 1 fully saturated rings. The minimum Gasteiger partial charge on any atom is -0.494 e. The van der Waals surface area contributed by atoms with Crippen molar-refractivity contribution in [1.82, 2.24) is 29.7 Å². The molecule has 1 aliphatic rings. The molecule has 1 saturated heterocycles. The van der Waals surface area contributed by atoms with E-state index in [9.17, 15) is 18.0 Å². The van der Waals surface area contributed by atoms with E-state index in [1.807, 2.05) is 31.2 Å². The highest BCUT2D eigenvalue weighted by atomic mass is 19.4. The second-order valence-electron chi connectivity index (χ2n) is 8.48. The van der Waals surface area contributed by atoms with E-state index in [4.69, 9.17) is 4.74 Å². The summed E-state index contributed by atoms with van der Waals surface area (Å²) in [4.78, 5) is 18.9. The van der Waals surface area contributed by atoms with E-state index in [0.717, 1.165) is 21.9 Å². The molecule has 182 valence electrons. The van der Waals surface area contributed by atoms with Crippen molar-refractivity contribution in [2.24, 2.45) is 0 Å². The van der Waals surface area contributed by atoms with Crippen molar-refractivity contribution in [2.75, 3.05) is 19.7 Å². The van der Waals surface area contributed by atoms with Crippen molar-refractivity contribution < 1.29 is 22.7 Å². The van der Waals surface area contributed by atoms with Gasteiger partial charge in [0.05, 0.1) is 18.0 Å². The molecule has 4 heterocycles. The number of hydrogen-bond donors (Lipinski definition) is 1. The third-order valence-corrected chi connectivity index (χ3v) is 6.03. The summed E-state index contributed by atoms with van der Waals surface area (Å²) in [6, 6.07) is 11.7. The SMILES string of the molecule is CCOc1ccc(-c2cc(C(=O)N3CCC(c4cc5nc(C)cc(C(F)(F)F)n5n4)C3)[nH]n2)cc1. The smallest absolute Gasteiger partial charge is 0.433 e. The van der Waals surface area contributed by atoms with Gasteiger partial charge in [-0.05, 0) is 56.7 Å². The van der Waals surface area contributed by atoms with Gasteiger partial charge in [0, 0.05) is 36.3 Å². The lowest BCUT2D eigenvalue weighted by atomic mass is 10.1. The van der Waals surface area contributed by atoms with Crippen molar-refractivity contribution in [2.45, 2.75) is 32.4 Å². The summed E-state index contributed by atoms with van der Waals surface area (Å²) in [5.74, 6) is 0.354. The van der Waals surface area contributed by atoms with Gasteiger partial charge in [0.25, 0.3) is 5.91 Å². The van der Waals surface area contributed by atoms with Gasteiger partial charge >= 0.3 is 6.18 Å². The molecular weight excluding hydrogens is 461 g/mol. The molecule has 1 atom stereocenters. The maximum atomic E-state index is 13.5. The molecule has 0 radical (unpaired) electrons. The number of nitrogens with one attached hydrogen (secondary N) is 1. The van der Waals surface area contributed by atoms with E-state index < -0.39 is 11.9 Å². The minimum atomic E-state index is -4.55. The zero-order valence-corrected chi connectivity index (χ0v) is 19.1. The summed E-state index contributed by atoms with van der Waals surface area (Å²) >= 11 is 0. The van der Waals surface area contributed by atoms with E-state index >= 15 is 0 Å². The normalized spacial score (nSPS) is 16.3. The maximum Gasteiger partial charge on any atom is 0.433 e. The number of fused-ring (bicyclic) bond motifs is 1. The number of aromatic nitrogens is 5. The van der Waals surface area contributed by atoms with Crippen LogP contribution < -0.4 is 4.74 Å². The van der Waals surface area contributed by atoms with Crippen molar-refractivity contribution in [1.29, 1.82) is 0 Å². The lowest BCUT2D eigenvalue weighted by molar-refractivity contribution is -0.142. The largest absolute Gasteiger partial charge is 0.494 e. The second-order valence-corrected chi connectivity index (χ2v) is 8.48. The Bertz CT molecular complexity index is 1380. The molecule has 5 rings (SSSR count). The Morgan fingerprint density at radius 3 is 2.69 bits per heavy atom. The van der Waals surface area contributed by atoms with Crippen LogP contribution in [0.5, 0.6) is 5.75 Å². The van der Waals surface area contributed by atoms with E-state index in [1.165, 1.54) is 6.92 Å². The number of aryl methyl sites for hydroxylation is 1. The highest BCUT2D eigenvalue weighted by Crippen LogP contribution is 2.33. The highest BCUT2D eigenvalue weighted by Gasteiger charge is 2.36. The van der Waals surface area contributed by atoms with E-state index in [2.05, 4.69) is 20.3 Å². The Morgan fingerprint density at radius 1 is 1.20 bits per heavy atom. The van der Waals surface area contributed by atoms with Crippen LogP contribution in [0.3, 0.4) is 0 Å². The molecular formula is C24H23F3N6O2. The van der Waals surface area contributed by atoms with Gasteiger partial charge in [-0.1, -0.05) is 0 Å². The molecule has 35 heavy (non-hydrogen) atoms. The second kappa shape index (κ2) is 8.71. The quantitative estimate of drug-likeness (QED) is 0.452. The molecule has 3 aromatic heterocycles. The number of amides is 1. The van der Waals surface area contributed by atoms with Crippen molar-refractivity contribution in [3.8, 4) is 17.0 Å². The Hall–Kier alpha value is -3.89. The number of alkyl halides is 3. The minimum absolute atomic E-state index is 0.144. The van der Waals surface area contributed by atoms with Gasteiger partial charge in [-0.3, -0.25) is 9.89 Å². The number of aromatic amines is 1. The first-order chi connectivity index (χ1) is 16.7. The summed E-state index contributed by atoms with van der Waals surface area (Å²) in [6.45, 7) is 4.82. The predicted molar refractivity (Wildman–Crippen MR) is 121 cm³/mol. The van der Waals surface area contributed by atoms with Gasteiger partial charge in [0.15, 0.2) is 5.65 Å². The standard InChI is InChI=1S/C24H23F3N6O2/c1-3-35-17-6-4-15(5-7-17)18-11-20(30-29-18)23(34)32-9-8-16(13-32)19-12-22-28-14(2)10-21(24(25,26)27)33(22)31-19/h4-7,10-12,16H,3,8-9,13H2,1-2H3,(H,29,30). The number of carbonyl (C=O) groups excluding carboxylic acids is 1. The Labute approximate surface area is 198 Å². The number of likely N-dealkylation sites (tertiary alicyclic amines) is 1. The number of carbonyl (C=O) groups is 1. The van der Waals surface area contributed by atoms with Crippen LogP contribution in [-0.2, 0) is 6.18 Å². The fraction of sp³-hybridized carbons (Fsp3) is 0.333. The summed E-state index contributed by atoms with van der Waals surface area (Å²) in [5, 5.41) is 11.3. The Morgan fingerprint density at radius 2 is 1.97 bits per heavy atom. The van der Waals surface area contributed by atoms with E-state index in [-0.39, 0.29) is 23.2 Å². The molecule has 4 aromatic rings. The summed E-state index contributed by atoms with van der Waals surface area (Å²) < 4.78 is 46.7. The van der Waals surface area contributed by atoms with Crippen molar-refractivity contribution in [3.63, 3.8) is 0 Å². The summed E-state index contributed by atoms with van der Waals surface area (Å²) in [7, 11) is 0. The van der Waals surface area contributed by atoms with Crippen LogP contribution in [0.25, 0.3) is 16.9 Å². The molecule has 0 bridgehead atoms. The van der Waals surface area contributed by atoms with Crippen molar-refractivity contribution in [3.05, 3.63) is 65.2 Å². The molecule has 8 nitrogen and oxygen atoms in total. The third-order valence-electron chi connectivity index (χ3n) is 6.03. The molecule has 0 spiro atoms. The first kappa shape index (κ1) is 22.9. The zero-order chi connectivity index (χ0) is 24.7. The van der Waals surface area contributed by atoms with Crippen LogP contribution in [0, 0.1) is 6.92 Å². The van der Waals surface area contributed by atoms with Crippen LogP contribution in [0.2, 0.25) is 0 Å². The fourth-order valence-electron chi connectivity index (χ4n) is 4.34. The average Bonchev–Trinajstić information content (AvgIpc) is 3.57. The predicted octanol–water partition coefficient (Wildman–Crippen LogP) is 4.48. The molecule has 1 N–H and O–H groups in total. The monoisotopic (exact) mass is 484 g/mol. The zero-order valence-electron chi connectivity index (χ0n) is 19.1. The lowest BCUT2D eigenvalue weighted by Crippen LogP contribution is -2.28. The van der Waals surface area contributed by atoms with Crippen LogP contribution in [0.1, 0.15) is 46.8 Å². The Kier molecular flexibility index (Phi) is 5.70. The molecule has 1 aliphatic heterocycles. The summed E-state index contributed by atoms with van der Waals surface area (Å²) in [6.07, 6.45) is -3.95. The number of rotatable bonds is 5. The van der Waals surface area contributed by atoms with Gasteiger partial charge in [-0.15, -0.1) is 0 Å². The molecule has 0 aliphatic carbocycles. The molecule has 1 aromatic carbocycles. The highest BCUT2D eigenvalue weighted by molar-refractivity contribution is 5.93. The van der Waals surface area contributed by atoms with Gasteiger partial charge in [-0.2, -0.15) is 23.4 Å². The molecule has 11 heteroatoms. The van der Waals surface area contributed by atoms with Crippen LogP contribution in [-0.4, -0.2) is 55.3 Å².